The molecule has 70 valence electrons. The quantitative estimate of drug-likeness (QED) is 0.716. The SMILES string of the molecule is OC1(c2ccc(F)c(F)c2)OCO1. The summed E-state index contributed by atoms with van der Waals surface area (Å²) in [5.74, 6) is -3.94. The van der Waals surface area contributed by atoms with Gasteiger partial charge >= 0.3 is 5.97 Å². The zero-order valence-electron chi connectivity index (χ0n) is 6.46. The predicted molar refractivity (Wildman–Crippen MR) is 37.3 cm³/mol. The van der Waals surface area contributed by atoms with Crippen LogP contribution in [0, 0.1) is 11.6 Å². The molecule has 0 saturated carbocycles. The largest absolute Gasteiger partial charge is 0.339 e. The van der Waals surface area contributed by atoms with Crippen LogP contribution < -0.4 is 0 Å². The molecule has 0 radical (unpaired) electrons. The number of halogens is 2. The number of ether oxygens (including phenoxy) is 2. The highest BCUT2D eigenvalue weighted by Gasteiger charge is 2.40. The molecule has 0 atom stereocenters. The molecular formula is C8H6F2O3. The van der Waals surface area contributed by atoms with Gasteiger partial charge in [-0.05, 0) is 18.2 Å². The minimum Gasteiger partial charge on any atom is -0.339 e. The second-order valence-corrected chi connectivity index (χ2v) is 2.62. The zero-order valence-corrected chi connectivity index (χ0v) is 6.46. The summed E-state index contributed by atoms with van der Waals surface area (Å²) < 4.78 is 34.4. The van der Waals surface area contributed by atoms with Gasteiger partial charge in [0.25, 0.3) is 0 Å². The molecule has 1 heterocycles. The van der Waals surface area contributed by atoms with Crippen LogP contribution >= 0.6 is 0 Å². The van der Waals surface area contributed by atoms with Gasteiger partial charge in [-0.2, -0.15) is 0 Å². The van der Waals surface area contributed by atoms with Crippen molar-refractivity contribution in [2.75, 3.05) is 6.79 Å². The van der Waals surface area contributed by atoms with E-state index in [4.69, 9.17) is 0 Å². The van der Waals surface area contributed by atoms with Crippen molar-refractivity contribution in [1.29, 1.82) is 0 Å². The summed E-state index contributed by atoms with van der Waals surface area (Å²) in [6, 6.07) is 2.92. The summed E-state index contributed by atoms with van der Waals surface area (Å²) in [6.07, 6.45) is 0. The lowest BCUT2D eigenvalue weighted by molar-refractivity contribution is -0.502. The maximum atomic E-state index is 12.7. The van der Waals surface area contributed by atoms with Crippen molar-refractivity contribution in [3.63, 3.8) is 0 Å². The lowest BCUT2D eigenvalue weighted by Gasteiger charge is -2.35. The first kappa shape index (κ1) is 8.55. The highest BCUT2D eigenvalue weighted by molar-refractivity contribution is 5.21. The van der Waals surface area contributed by atoms with Crippen LogP contribution in [0.5, 0.6) is 0 Å². The molecule has 13 heavy (non-hydrogen) atoms. The minimum absolute atomic E-state index is 0.0395. The Morgan fingerprint density at radius 1 is 1.23 bits per heavy atom. The molecule has 0 bridgehead atoms. The maximum absolute atomic E-state index is 12.7. The second-order valence-electron chi connectivity index (χ2n) is 2.62. The van der Waals surface area contributed by atoms with Gasteiger partial charge in [0.1, 0.15) is 0 Å². The summed E-state index contributed by atoms with van der Waals surface area (Å²) in [5.41, 5.74) is 0.0395. The van der Waals surface area contributed by atoms with E-state index in [0.717, 1.165) is 12.1 Å². The van der Waals surface area contributed by atoms with E-state index in [1.807, 2.05) is 0 Å². The normalized spacial score (nSPS) is 19.6. The van der Waals surface area contributed by atoms with Gasteiger partial charge in [0.05, 0.1) is 0 Å². The molecule has 3 nitrogen and oxygen atoms in total. The van der Waals surface area contributed by atoms with Crippen molar-refractivity contribution >= 4 is 0 Å². The van der Waals surface area contributed by atoms with E-state index in [-0.39, 0.29) is 12.4 Å². The Morgan fingerprint density at radius 3 is 2.38 bits per heavy atom. The smallest absolute Gasteiger partial charge is 0.313 e. The molecule has 1 fully saturated rings. The van der Waals surface area contributed by atoms with E-state index >= 15 is 0 Å². The standard InChI is InChI=1S/C8H6F2O3/c9-6-2-1-5(3-7(6)10)8(11)12-4-13-8/h1-3,11H,4H2. The molecule has 0 aliphatic carbocycles. The lowest BCUT2D eigenvalue weighted by Crippen LogP contribution is -2.43. The molecule has 0 spiro atoms. The number of benzene rings is 1. The van der Waals surface area contributed by atoms with Crippen LogP contribution in [0.25, 0.3) is 0 Å². The van der Waals surface area contributed by atoms with E-state index in [2.05, 4.69) is 9.47 Å². The Labute approximate surface area is 72.5 Å². The van der Waals surface area contributed by atoms with Gasteiger partial charge in [0.2, 0.25) is 0 Å². The Kier molecular flexibility index (Phi) is 1.80. The molecule has 1 aromatic rings. The van der Waals surface area contributed by atoms with Crippen molar-refractivity contribution in [3.8, 4) is 0 Å². The predicted octanol–water partition coefficient (Wildman–Crippen LogP) is 1.07. The Morgan fingerprint density at radius 2 is 1.92 bits per heavy atom. The zero-order chi connectivity index (χ0) is 9.47. The van der Waals surface area contributed by atoms with Crippen molar-refractivity contribution < 1.29 is 23.4 Å². The third-order valence-electron chi connectivity index (χ3n) is 1.79. The third-order valence-corrected chi connectivity index (χ3v) is 1.79. The fraction of sp³-hybridized carbons (Fsp3) is 0.250. The maximum Gasteiger partial charge on any atom is 0.313 e. The van der Waals surface area contributed by atoms with Crippen molar-refractivity contribution in [2.45, 2.75) is 5.97 Å². The van der Waals surface area contributed by atoms with Crippen molar-refractivity contribution in [2.24, 2.45) is 0 Å². The van der Waals surface area contributed by atoms with Crippen LogP contribution in [0.2, 0.25) is 0 Å². The fourth-order valence-corrected chi connectivity index (χ4v) is 1.03. The first-order valence-electron chi connectivity index (χ1n) is 3.58. The van der Waals surface area contributed by atoms with Crippen LogP contribution in [-0.2, 0) is 15.4 Å². The van der Waals surface area contributed by atoms with Crippen molar-refractivity contribution in [3.05, 3.63) is 35.4 Å². The second kappa shape index (κ2) is 2.73. The molecule has 5 heteroatoms. The van der Waals surface area contributed by atoms with Gasteiger partial charge in [-0.15, -0.1) is 0 Å². The lowest BCUT2D eigenvalue weighted by atomic mass is 10.1. The van der Waals surface area contributed by atoms with E-state index in [1.165, 1.54) is 6.07 Å². The molecule has 2 rings (SSSR count). The van der Waals surface area contributed by atoms with E-state index < -0.39 is 17.6 Å². The molecule has 1 saturated heterocycles. The first-order chi connectivity index (χ1) is 6.12. The van der Waals surface area contributed by atoms with E-state index in [1.54, 1.807) is 0 Å². The van der Waals surface area contributed by atoms with Gasteiger partial charge in [-0.3, -0.25) is 9.47 Å². The Hall–Kier alpha value is -1.04. The molecule has 0 amide bonds. The Balaban J connectivity index is 2.36. The third kappa shape index (κ3) is 1.31. The number of aliphatic hydroxyl groups is 1. The van der Waals surface area contributed by atoms with Gasteiger partial charge in [-0.1, -0.05) is 0 Å². The van der Waals surface area contributed by atoms with Gasteiger partial charge in [-0.25, -0.2) is 8.78 Å². The molecule has 0 unspecified atom stereocenters. The molecule has 1 aromatic carbocycles. The summed E-state index contributed by atoms with van der Waals surface area (Å²) in [7, 11) is 0. The van der Waals surface area contributed by atoms with Crippen LogP contribution in [-0.4, -0.2) is 11.9 Å². The average Bonchev–Trinajstić information content (AvgIpc) is 2.06. The summed E-state index contributed by atoms with van der Waals surface area (Å²) in [5, 5.41) is 9.36. The van der Waals surface area contributed by atoms with Crippen LogP contribution in [0.4, 0.5) is 8.78 Å². The van der Waals surface area contributed by atoms with Crippen LogP contribution in [0.1, 0.15) is 5.56 Å². The number of hydrogen-bond acceptors (Lipinski definition) is 3. The monoisotopic (exact) mass is 188 g/mol. The molecule has 1 aliphatic rings. The Bertz CT molecular complexity index is 336. The van der Waals surface area contributed by atoms with Crippen molar-refractivity contribution in [1.82, 2.24) is 0 Å². The molecule has 1 aliphatic heterocycles. The fourth-order valence-electron chi connectivity index (χ4n) is 1.03. The number of rotatable bonds is 1. The summed E-state index contributed by atoms with van der Waals surface area (Å²) in [6.45, 7) is -0.0600. The first-order valence-corrected chi connectivity index (χ1v) is 3.58. The van der Waals surface area contributed by atoms with Crippen LogP contribution in [0.3, 0.4) is 0 Å². The van der Waals surface area contributed by atoms with Gasteiger partial charge < -0.3 is 5.11 Å². The van der Waals surface area contributed by atoms with Gasteiger partial charge in [0.15, 0.2) is 18.4 Å². The minimum atomic E-state index is -1.91. The van der Waals surface area contributed by atoms with E-state index in [9.17, 15) is 13.9 Å². The van der Waals surface area contributed by atoms with Crippen LogP contribution in [0.15, 0.2) is 18.2 Å². The number of hydrogen-bond donors (Lipinski definition) is 1. The summed E-state index contributed by atoms with van der Waals surface area (Å²) >= 11 is 0. The summed E-state index contributed by atoms with van der Waals surface area (Å²) in [4.78, 5) is 0. The molecular weight excluding hydrogens is 182 g/mol. The van der Waals surface area contributed by atoms with Gasteiger partial charge in [0, 0.05) is 5.56 Å². The topological polar surface area (TPSA) is 38.7 Å². The highest BCUT2D eigenvalue weighted by atomic mass is 19.2. The molecule has 1 N–H and O–H groups in total. The average molecular weight is 188 g/mol. The van der Waals surface area contributed by atoms with E-state index in [0.29, 0.717) is 0 Å². The molecule has 0 aromatic heterocycles. The highest BCUT2D eigenvalue weighted by Crippen LogP contribution is 2.31.